The van der Waals surface area contributed by atoms with Crippen LogP contribution in [0.25, 0.3) is 11.0 Å². The van der Waals surface area contributed by atoms with Gasteiger partial charge in [-0.3, -0.25) is 9.59 Å². The molecule has 2 aromatic rings. The summed E-state index contributed by atoms with van der Waals surface area (Å²) in [5.74, 6) is 0.0871. The molecule has 100 valence electrons. The van der Waals surface area contributed by atoms with Crippen molar-refractivity contribution in [2.45, 2.75) is 0 Å². The van der Waals surface area contributed by atoms with E-state index in [1.54, 1.807) is 24.3 Å². The zero-order chi connectivity index (χ0) is 14.1. The second-order valence-electron chi connectivity index (χ2n) is 4.02. The van der Waals surface area contributed by atoms with Crippen molar-refractivity contribution < 1.29 is 9.21 Å². The van der Waals surface area contributed by atoms with Gasteiger partial charge in [-0.25, -0.2) is 0 Å². The summed E-state index contributed by atoms with van der Waals surface area (Å²) in [5.41, 5.74) is 0.593. The summed E-state index contributed by atoms with van der Waals surface area (Å²) in [6.07, 6.45) is 2.62. The summed E-state index contributed by atoms with van der Waals surface area (Å²) < 4.78 is 5.75. The number of thioether (sulfide) groups is 1. The first-order chi connectivity index (χ1) is 9.66. The first-order valence-corrected chi connectivity index (χ1v) is 7.10. The summed E-state index contributed by atoms with van der Waals surface area (Å²) in [4.78, 5) is 23.7. The second-order valence-corrected chi connectivity index (χ2v) is 5.63. The fraction of sp³-hybridized carbons (Fsp3) is 0.0769. The van der Waals surface area contributed by atoms with Crippen LogP contribution in [0.5, 0.6) is 0 Å². The molecule has 7 heteroatoms. The van der Waals surface area contributed by atoms with E-state index in [1.807, 2.05) is 0 Å². The van der Waals surface area contributed by atoms with Gasteiger partial charge in [0.25, 0.3) is 5.91 Å². The highest BCUT2D eigenvalue weighted by atomic mass is 32.2. The van der Waals surface area contributed by atoms with Crippen LogP contribution in [0.2, 0.25) is 0 Å². The van der Waals surface area contributed by atoms with Gasteiger partial charge in [0, 0.05) is 0 Å². The van der Waals surface area contributed by atoms with Crippen molar-refractivity contribution in [2.75, 3.05) is 5.75 Å². The van der Waals surface area contributed by atoms with E-state index in [-0.39, 0.29) is 22.7 Å². The zero-order valence-corrected chi connectivity index (χ0v) is 11.7. The molecule has 1 aromatic carbocycles. The maximum absolute atomic E-state index is 12.2. The minimum Gasteiger partial charge on any atom is -0.463 e. The van der Waals surface area contributed by atoms with Crippen molar-refractivity contribution in [2.24, 2.45) is 5.10 Å². The average molecular weight is 304 g/mol. The van der Waals surface area contributed by atoms with Crippen LogP contribution in [0, 0.1) is 0 Å². The molecule has 0 bridgehead atoms. The van der Waals surface area contributed by atoms with Gasteiger partial charge in [-0.15, -0.1) is 0 Å². The quantitative estimate of drug-likeness (QED) is 0.627. The van der Waals surface area contributed by atoms with Crippen LogP contribution in [0.15, 0.2) is 44.8 Å². The van der Waals surface area contributed by atoms with E-state index >= 15 is 0 Å². The summed E-state index contributed by atoms with van der Waals surface area (Å²) in [6.45, 7) is 0. The minimum absolute atomic E-state index is 0.193. The Hall–Kier alpha value is -1.99. The molecule has 1 aromatic heterocycles. The Morgan fingerprint density at radius 1 is 1.35 bits per heavy atom. The number of carbonyl (C=O) groups excluding carboxylic acids is 1. The number of benzene rings is 1. The normalized spacial score (nSPS) is 15.7. The van der Waals surface area contributed by atoms with E-state index in [2.05, 4.69) is 5.10 Å². The third-order valence-electron chi connectivity index (χ3n) is 2.75. The number of fused-ring (bicyclic) bond motifs is 1. The highest BCUT2D eigenvalue weighted by Gasteiger charge is 2.26. The Morgan fingerprint density at radius 2 is 2.15 bits per heavy atom. The lowest BCUT2D eigenvalue weighted by molar-refractivity contribution is -0.123. The summed E-state index contributed by atoms with van der Waals surface area (Å²) in [5, 5.41) is 5.55. The van der Waals surface area contributed by atoms with Crippen LogP contribution in [0.1, 0.15) is 5.56 Å². The van der Waals surface area contributed by atoms with Gasteiger partial charge in [-0.1, -0.05) is 36.1 Å². The average Bonchev–Trinajstić information content (AvgIpc) is 2.78. The Bertz CT molecular complexity index is 782. The number of nitrogens with zero attached hydrogens (tertiary/aromatic N) is 2. The fourth-order valence-electron chi connectivity index (χ4n) is 1.76. The largest absolute Gasteiger partial charge is 0.463 e. The van der Waals surface area contributed by atoms with Gasteiger partial charge in [-0.2, -0.15) is 10.1 Å². The van der Waals surface area contributed by atoms with Crippen molar-refractivity contribution in [3.05, 3.63) is 46.3 Å². The maximum Gasteiger partial charge on any atom is 0.259 e. The van der Waals surface area contributed by atoms with Gasteiger partial charge in [0.15, 0.2) is 4.32 Å². The highest BCUT2D eigenvalue weighted by Crippen LogP contribution is 2.19. The van der Waals surface area contributed by atoms with Gasteiger partial charge in [0.1, 0.15) is 11.8 Å². The van der Waals surface area contributed by atoms with Crippen molar-refractivity contribution >= 4 is 51.4 Å². The molecular formula is C13H8N2O3S2. The van der Waals surface area contributed by atoms with E-state index in [4.69, 9.17) is 16.6 Å². The number of hydrogen-bond acceptors (Lipinski definition) is 6. The third kappa shape index (κ3) is 2.25. The number of rotatable bonds is 2. The summed E-state index contributed by atoms with van der Waals surface area (Å²) in [6, 6.07) is 6.95. The van der Waals surface area contributed by atoms with Crippen molar-refractivity contribution in [1.29, 1.82) is 0 Å². The lowest BCUT2D eigenvalue weighted by Gasteiger charge is -2.06. The van der Waals surface area contributed by atoms with Gasteiger partial charge in [0.05, 0.1) is 22.9 Å². The topological polar surface area (TPSA) is 62.9 Å². The van der Waals surface area contributed by atoms with E-state index in [0.717, 1.165) is 5.01 Å². The molecule has 0 N–H and O–H groups in total. The first-order valence-electron chi connectivity index (χ1n) is 5.71. The number of hydrogen-bond donors (Lipinski definition) is 0. The monoisotopic (exact) mass is 304 g/mol. The molecule has 1 aliphatic rings. The van der Waals surface area contributed by atoms with E-state index in [1.165, 1.54) is 24.2 Å². The Morgan fingerprint density at radius 3 is 2.90 bits per heavy atom. The predicted octanol–water partition coefficient (Wildman–Crippen LogP) is 1.99. The van der Waals surface area contributed by atoms with Crippen LogP contribution in [-0.4, -0.2) is 27.2 Å². The van der Waals surface area contributed by atoms with Crippen molar-refractivity contribution in [1.82, 2.24) is 5.01 Å². The molecule has 1 saturated heterocycles. The lowest BCUT2D eigenvalue weighted by Crippen LogP contribution is -2.23. The first kappa shape index (κ1) is 13.0. The number of amides is 1. The maximum atomic E-state index is 12.2. The molecule has 2 heterocycles. The number of para-hydroxylation sites is 1. The molecule has 1 fully saturated rings. The number of hydrazone groups is 1. The van der Waals surface area contributed by atoms with Crippen LogP contribution in [-0.2, 0) is 4.79 Å². The molecule has 0 aliphatic carbocycles. The second kappa shape index (κ2) is 5.18. The molecule has 1 amide bonds. The number of carbonyl (C=O) groups is 1. The van der Waals surface area contributed by atoms with Gasteiger partial charge >= 0.3 is 0 Å². The number of thiocarbonyl (C=S) groups is 1. The van der Waals surface area contributed by atoms with Crippen LogP contribution < -0.4 is 5.43 Å². The lowest BCUT2D eigenvalue weighted by atomic mass is 10.2. The third-order valence-corrected chi connectivity index (χ3v) is 4.08. The summed E-state index contributed by atoms with van der Waals surface area (Å²) >= 11 is 6.24. The fourth-order valence-corrected chi connectivity index (χ4v) is 2.73. The molecule has 0 spiro atoms. The van der Waals surface area contributed by atoms with Crippen molar-refractivity contribution in [3.8, 4) is 0 Å². The van der Waals surface area contributed by atoms with Gasteiger partial charge in [-0.05, 0) is 12.1 Å². The molecular weight excluding hydrogens is 296 g/mol. The van der Waals surface area contributed by atoms with Gasteiger partial charge < -0.3 is 4.42 Å². The molecule has 20 heavy (non-hydrogen) atoms. The molecule has 0 radical (unpaired) electrons. The summed E-state index contributed by atoms with van der Waals surface area (Å²) in [7, 11) is 0. The van der Waals surface area contributed by atoms with Crippen LogP contribution in [0.3, 0.4) is 0 Å². The van der Waals surface area contributed by atoms with Crippen LogP contribution >= 0.6 is 24.0 Å². The minimum atomic E-state index is -0.194. The Kier molecular flexibility index (Phi) is 3.37. The molecule has 1 aliphatic heterocycles. The molecule has 0 saturated carbocycles. The van der Waals surface area contributed by atoms with Crippen LogP contribution in [0.4, 0.5) is 0 Å². The standard InChI is InChI=1S/C13H8N2O3S2/c16-11-7-20-13(19)15(11)14-5-8-6-18-10-4-2-1-3-9(10)12(8)17/h1-6H,7H2/b14-5-. The highest BCUT2D eigenvalue weighted by molar-refractivity contribution is 8.23. The zero-order valence-electron chi connectivity index (χ0n) is 10.1. The molecule has 0 unspecified atom stereocenters. The Balaban J connectivity index is 1.99. The van der Waals surface area contributed by atoms with Crippen molar-refractivity contribution in [3.63, 3.8) is 0 Å². The van der Waals surface area contributed by atoms with Gasteiger partial charge in [0.2, 0.25) is 5.43 Å². The molecule has 0 atom stereocenters. The molecule has 3 rings (SSSR count). The predicted molar refractivity (Wildman–Crippen MR) is 82.0 cm³/mol. The van der Waals surface area contributed by atoms with E-state index in [0.29, 0.717) is 15.3 Å². The van der Waals surface area contributed by atoms with E-state index < -0.39 is 0 Å². The Labute approximate surface area is 123 Å². The van der Waals surface area contributed by atoms with E-state index in [9.17, 15) is 9.59 Å². The smallest absolute Gasteiger partial charge is 0.259 e. The molecule has 5 nitrogen and oxygen atoms in total. The SMILES string of the molecule is O=C1CSC(=S)N1/N=C\c1coc2ccccc2c1=O.